The smallest absolute Gasteiger partial charge is 0.239 e. The average Bonchev–Trinajstić information content (AvgIpc) is 2.75. The molecule has 0 aromatic carbocycles. The van der Waals surface area contributed by atoms with E-state index in [4.69, 9.17) is 5.73 Å². The Morgan fingerprint density at radius 2 is 2.43 bits per heavy atom. The van der Waals surface area contributed by atoms with Gasteiger partial charge in [-0.2, -0.15) is 4.98 Å². The number of nitrogens with two attached hydrogens (primary N) is 1. The van der Waals surface area contributed by atoms with E-state index in [-0.39, 0.29) is 5.41 Å². The van der Waals surface area contributed by atoms with Gasteiger partial charge in [0, 0.05) is 12.0 Å². The van der Waals surface area contributed by atoms with Gasteiger partial charge in [0.25, 0.3) is 0 Å². The first-order chi connectivity index (χ1) is 6.77. The first-order valence-electron chi connectivity index (χ1n) is 5.16. The Morgan fingerprint density at radius 1 is 1.57 bits per heavy atom. The predicted molar refractivity (Wildman–Crippen MR) is 54.9 cm³/mol. The minimum Gasteiger partial charge on any atom is -0.367 e. The van der Waals surface area contributed by atoms with Gasteiger partial charge in [0.1, 0.15) is 5.82 Å². The van der Waals surface area contributed by atoms with Crippen molar-refractivity contribution in [2.45, 2.75) is 31.6 Å². The molecule has 14 heavy (non-hydrogen) atoms. The highest BCUT2D eigenvalue weighted by atomic mass is 15.3. The van der Waals surface area contributed by atoms with Gasteiger partial charge in [-0.25, -0.2) is 0 Å². The summed E-state index contributed by atoms with van der Waals surface area (Å²) >= 11 is 0. The highest BCUT2D eigenvalue weighted by Crippen LogP contribution is 2.33. The van der Waals surface area contributed by atoms with Crippen LogP contribution in [0.3, 0.4) is 0 Å². The van der Waals surface area contributed by atoms with Gasteiger partial charge in [0.2, 0.25) is 5.95 Å². The number of aromatic nitrogens is 3. The molecule has 1 unspecified atom stereocenters. The second kappa shape index (κ2) is 3.57. The number of aromatic amines is 1. The Bertz CT molecular complexity index is 300. The molecule has 4 N–H and O–H groups in total. The summed E-state index contributed by atoms with van der Waals surface area (Å²) in [6, 6.07) is 0. The molecule has 0 amide bonds. The normalized spacial score (nSPS) is 26.9. The van der Waals surface area contributed by atoms with E-state index in [1.165, 1.54) is 0 Å². The zero-order valence-electron chi connectivity index (χ0n) is 8.51. The molecule has 1 fully saturated rings. The van der Waals surface area contributed by atoms with Gasteiger partial charge in [0.05, 0.1) is 0 Å². The zero-order chi connectivity index (χ0) is 10.0. The van der Waals surface area contributed by atoms with E-state index in [2.05, 4.69) is 27.4 Å². The van der Waals surface area contributed by atoms with E-state index in [1.54, 1.807) is 0 Å². The maximum Gasteiger partial charge on any atom is 0.239 e. The van der Waals surface area contributed by atoms with Crippen molar-refractivity contribution in [1.82, 2.24) is 20.5 Å². The van der Waals surface area contributed by atoms with Crippen molar-refractivity contribution in [3.05, 3.63) is 5.82 Å². The quantitative estimate of drug-likeness (QED) is 0.653. The van der Waals surface area contributed by atoms with E-state index >= 15 is 0 Å². The van der Waals surface area contributed by atoms with Crippen molar-refractivity contribution in [1.29, 1.82) is 0 Å². The molecule has 0 aliphatic carbocycles. The van der Waals surface area contributed by atoms with E-state index in [9.17, 15) is 0 Å². The van der Waals surface area contributed by atoms with E-state index in [0.717, 1.165) is 38.2 Å². The molecule has 1 saturated heterocycles. The van der Waals surface area contributed by atoms with Gasteiger partial charge >= 0.3 is 0 Å². The number of H-pyrrole nitrogens is 1. The minimum atomic E-state index is 0.138. The van der Waals surface area contributed by atoms with Crippen LogP contribution in [0.2, 0.25) is 0 Å². The van der Waals surface area contributed by atoms with E-state index in [0.29, 0.717) is 5.95 Å². The molecule has 1 aromatic heterocycles. The lowest BCUT2D eigenvalue weighted by molar-refractivity contribution is 0.403. The van der Waals surface area contributed by atoms with Gasteiger partial charge < -0.3 is 11.1 Å². The summed E-state index contributed by atoms with van der Waals surface area (Å²) in [6.07, 6.45) is 3.41. The zero-order valence-corrected chi connectivity index (χ0v) is 8.51. The lowest BCUT2D eigenvalue weighted by Crippen LogP contribution is -2.30. The van der Waals surface area contributed by atoms with Crippen molar-refractivity contribution >= 4 is 5.95 Å². The number of hydrogen-bond acceptors (Lipinski definition) is 4. The fourth-order valence-corrected chi connectivity index (χ4v) is 2.27. The standard InChI is InChI=1S/C9H17N5/c1-2-3-9(4-5-11-6-9)7-12-8(10)14-13-7/h11H,2-6H2,1H3,(H3,10,12,13,14). The number of anilines is 1. The van der Waals surface area contributed by atoms with Crippen molar-refractivity contribution in [2.24, 2.45) is 0 Å². The lowest BCUT2D eigenvalue weighted by Gasteiger charge is -2.24. The summed E-state index contributed by atoms with van der Waals surface area (Å²) in [4.78, 5) is 4.25. The van der Waals surface area contributed by atoms with Gasteiger partial charge in [-0.05, 0) is 19.4 Å². The van der Waals surface area contributed by atoms with Crippen molar-refractivity contribution in [3.8, 4) is 0 Å². The molecule has 5 heteroatoms. The van der Waals surface area contributed by atoms with Crippen molar-refractivity contribution < 1.29 is 0 Å². The van der Waals surface area contributed by atoms with Gasteiger partial charge in [-0.3, -0.25) is 5.10 Å². The van der Waals surface area contributed by atoms with Crippen LogP contribution in [0.4, 0.5) is 5.95 Å². The SMILES string of the molecule is CCCC1(c2nc(N)n[nH]2)CCNC1. The lowest BCUT2D eigenvalue weighted by atomic mass is 9.82. The van der Waals surface area contributed by atoms with Crippen LogP contribution in [0.15, 0.2) is 0 Å². The molecule has 0 spiro atoms. The fraction of sp³-hybridized carbons (Fsp3) is 0.778. The van der Waals surface area contributed by atoms with Crippen LogP contribution in [-0.2, 0) is 5.41 Å². The Hall–Kier alpha value is -1.10. The third-order valence-corrected chi connectivity index (χ3v) is 2.98. The third-order valence-electron chi connectivity index (χ3n) is 2.98. The molecule has 0 saturated carbocycles. The maximum atomic E-state index is 5.53. The van der Waals surface area contributed by atoms with Crippen LogP contribution in [0.5, 0.6) is 0 Å². The summed E-state index contributed by atoms with van der Waals surface area (Å²) in [7, 11) is 0. The molecule has 1 aliphatic heterocycles. The molecule has 78 valence electrons. The van der Waals surface area contributed by atoms with Gasteiger partial charge in [0.15, 0.2) is 0 Å². The minimum absolute atomic E-state index is 0.138. The monoisotopic (exact) mass is 195 g/mol. The van der Waals surface area contributed by atoms with E-state index in [1.807, 2.05) is 0 Å². The highest BCUT2D eigenvalue weighted by Gasteiger charge is 2.37. The molecule has 1 aromatic rings. The first-order valence-corrected chi connectivity index (χ1v) is 5.16. The van der Waals surface area contributed by atoms with Crippen LogP contribution in [0.1, 0.15) is 32.0 Å². The average molecular weight is 195 g/mol. The molecule has 0 bridgehead atoms. The molecule has 1 atom stereocenters. The largest absolute Gasteiger partial charge is 0.367 e. The van der Waals surface area contributed by atoms with E-state index < -0.39 is 0 Å². The molecule has 5 nitrogen and oxygen atoms in total. The third kappa shape index (κ3) is 1.48. The fourth-order valence-electron chi connectivity index (χ4n) is 2.27. The van der Waals surface area contributed by atoms with Crippen LogP contribution in [0, 0.1) is 0 Å². The number of nitrogens with zero attached hydrogens (tertiary/aromatic N) is 2. The van der Waals surface area contributed by atoms with Crippen molar-refractivity contribution in [3.63, 3.8) is 0 Å². The van der Waals surface area contributed by atoms with Crippen LogP contribution in [0.25, 0.3) is 0 Å². The summed E-state index contributed by atoms with van der Waals surface area (Å²) in [5, 5.41) is 10.2. The molecule has 1 aliphatic rings. The Kier molecular flexibility index (Phi) is 2.41. The molecule has 0 radical (unpaired) electrons. The van der Waals surface area contributed by atoms with Crippen molar-refractivity contribution in [2.75, 3.05) is 18.8 Å². The van der Waals surface area contributed by atoms with Crippen LogP contribution in [-0.4, -0.2) is 28.3 Å². The Labute approximate surface area is 83.5 Å². The topological polar surface area (TPSA) is 79.6 Å². The molecular formula is C9H17N5. The molecule has 2 heterocycles. The van der Waals surface area contributed by atoms with Gasteiger partial charge in [-0.1, -0.05) is 13.3 Å². The second-order valence-corrected chi connectivity index (χ2v) is 4.00. The molecular weight excluding hydrogens is 178 g/mol. The first kappa shape index (κ1) is 9.45. The van der Waals surface area contributed by atoms with Gasteiger partial charge in [-0.15, -0.1) is 5.10 Å². The number of nitrogen functional groups attached to an aromatic ring is 1. The number of hydrogen-bond donors (Lipinski definition) is 3. The number of rotatable bonds is 3. The number of nitrogens with one attached hydrogen (secondary N) is 2. The maximum absolute atomic E-state index is 5.53. The highest BCUT2D eigenvalue weighted by molar-refractivity contribution is 5.20. The predicted octanol–water partition coefficient (Wildman–Crippen LogP) is 0.418. The summed E-state index contributed by atoms with van der Waals surface area (Å²) in [6.45, 7) is 4.23. The van der Waals surface area contributed by atoms with Crippen LogP contribution < -0.4 is 11.1 Å². The Balaban J connectivity index is 2.26. The summed E-state index contributed by atoms with van der Waals surface area (Å²) in [5.41, 5.74) is 5.67. The van der Waals surface area contributed by atoms with Crippen LogP contribution >= 0.6 is 0 Å². The molecule has 2 rings (SSSR count). The second-order valence-electron chi connectivity index (χ2n) is 4.00. The Morgan fingerprint density at radius 3 is 2.93 bits per heavy atom. The summed E-state index contributed by atoms with van der Waals surface area (Å²) in [5.74, 6) is 1.30. The summed E-state index contributed by atoms with van der Waals surface area (Å²) < 4.78 is 0.